The molecule has 0 radical (unpaired) electrons. The summed E-state index contributed by atoms with van der Waals surface area (Å²) in [5, 5.41) is 0. The highest BCUT2D eigenvalue weighted by Gasteiger charge is 2.10. The van der Waals surface area contributed by atoms with Crippen LogP contribution in [0.5, 0.6) is 0 Å². The highest BCUT2D eigenvalue weighted by atomic mass is 32.1. The lowest BCUT2D eigenvalue weighted by atomic mass is 10.2. The lowest BCUT2D eigenvalue weighted by molar-refractivity contribution is -0.127. The Labute approximate surface area is 109 Å². The van der Waals surface area contributed by atoms with E-state index in [-0.39, 0.29) is 17.4 Å². The molecule has 96 valence electrons. The largest absolute Gasteiger partial charge is 0.419 e. The average molecular weight is 266 g/mol. The molecule has 0 unspecified atom stereocenters. The Morgan fingerprint density at radius 2 is 2.22 bits per heavy atom. The van der Waals surface area contributed by atoms with Crippen LogP contribution in [0, 0.1) is 0 Å². The van der Waals surface area contributed by atoms with Gasteiger partial charge in [0.15, 0.2) is 5.58 Å². The van der Waals surface area contributed by atoms with E-state index in [2.05, 4.69) is 12.6 Å². The van der Waals surface area contributed by atoms with E-state index in [4.69, 9.17) is 4.42 Å². The van der Waals surface area contributed by atoms with Crippen molar-refractivity contribution < 1.29 is 9.21 Å². The van der Waals surface area contributed by atoms with Crippen molar-refractivity contribution in [3.63, 3.8) is 0 Å². The van der Waals surface area contributed by atoms with Gasteiger partial charge >= 0.3 is 5.76 Å². The Kier molecular flexibility index (Phi) is 3.47. The van der Waals surface area contributed by atoms with Crippen LogP contribution in [0.1, 0.15) is 5.56 Å². The summed E-state index contributed by atoms with van der Waals surface area (Å²) in [5.41, 5.74) is 2.22. The third-order valence-corrected chi connectivity index (χ3v) is 3.11. The van der Waals surface area contributed by atoms with Gasteiger partial charge in [-0.15, -0.1) is 0 Å². The van der Waals surface area contributed by atoms with Gasteiger partial charge in [-0.2, -0.15) is 12.6 Å². The Morgan fingerprint density at radius 1 is 1.50 bits per heavy atom. The molecule has 5 nitrogen and oxygen atoms in total. The molecule has 0 atom stereocenters. The summed E-state index contributed by atoms with van der Waals surface area (Å²) >= 11 is 3.95. The van der Waals surface area contributed by atoms with Crippen molar-refractivity contribution in [3.8, 4) is 0 Å². The maximum atomic E-state index is 11.4. The molecule has 1 heterocycles. The maximum Gasteiger partial charge on any atom is 0.419 e. The van der Waals surface area contributed by atoms with Gasteiger partial charge in [0.05, 0.1) is 11.3 Å². The van der Waals surface area contributed by atoms with Crippen LogP contribution >= 0.6 is 12.6 Å². The average Bonchev–Trinajstić information content (AvgIpc) is 2.64. The van der Waals surface area contributed by atoms with Gasteiger partial charge in [-0.05, 0) is 17.7 Å². The van der Waals surface area contributed by atoms with Crippen molar-refractivity contribution >= 4 is 29.6 Å². The summed E-state index contributed by atoms with van der Waals surface area (Å²) in [7, 11) is 3.37. The fourth-order valence-electron chi connectivity index (χ4n) is 1.75. The van der Waals surface area contributed by atoms with Crippen LogP contribution in [-0.2, 0) is 18.4 Å². The fraction of sp³-hybridized carbons (Fsp3) is 0.333. The fourth-order valence-corrected chi connectivity index (χ4v) is 1.99. The maximum absolute atomic E-state index is 11.4. The number of hydrogen-bond donors (Lipinski definition) is 1. The molecule has 0 aliphatic carbocycles. The molecule has 1 amide bonds. The van der Waals surface area contributed by atoms with Crippen LogP contribution in [0.3, 0.4) is 0 Å². The number of oxazole rings is 1. The predicted octanol–water partition coefficient (Wildman–Crippen LogP) is 1.02. The Bertz CT molecular complexity index is 644. The van der Waals surface area contributed by atoms with Crippen molar-refractivity contribution in [1.82, 2.24) is 9.47 Å². The van der Waals surface area contributed by atoms with E-state index in [1.165, 1.54) is 4.57 Å². The number of fused-ring (bicyclic) bond motifs is 1. The minimum Gasteiger partial charge on any atom is -0.408 e. The first-order valence-electron chi connectivity index (χ1n) is 5.46. The molecule has 1 aromatic carbocycles. The Hall–Kier alpha value is -1.69. The number of benzene rings is 1. The van der Waals surface area contributed by atoms with E-state index in [9.17, 15) is 9.59 Å². The summed E-state index contributed by atoms with van der Waals surface area (Å²) in [6, 6.07) is 5.43. The number of amides is 1. The zero-order chi connectivity index (χ0) is 13.3. The number of hydrogen-bond acceptors (Lipinski definition) is 4. The number of carbonyl (C=O) groups is 1. The van der Waals surface area contributed by atoms with Crippen LogP contribution in [0.4, 0.5) is 0 Å². The minimum absolute atomic E-state index is 0.0421. The van der Waals surface area contributed by atoms with Gasteiger partial charge in [-0.1, -0.05) is 6.07 Å². The lowest BCUT2D eigenvalue weighted by Crippen LogP contribution is -2.27. The molecule has 0 saturated carbocycles. The van der Waals surface area contributed by atoms with Crippen LogP contribution in [0.25, 0.3) is 11.1 Å². The molecular weight excluding hydrogens is 252 g/mol. The second kappa shape index (κ2) is 4.89. The van der Waals surface area contributed by atoms with Crippen LogP contribution in [-0.4, -0.2) is 28.2 Å². The summed E-state index contributed by atoms with van der Waals surface area (Å²) in [5.74, 6) is -0.246. The number of thiol groups is 1. The molecule has 0 fully saturated rings. The van der Waals surface area contributed by atoms with Crippen LogP contribution in [0.15, 0.2) is 27.4 Å². The topological polar surface area (TPSA) is 55.5 Å². The van der Waals surface area contributed by atoms with Gasteiger partial charge < -0.3 is 9.32 Å². The van der Waals surface area contributed by atoms with Gasteiger partial charge in [-0.3, -0.25) is 9.36 Å². The second-order valence-electron chi connectivity index (χ2n) is 4.14. The van der Waals surface area contributed by atoms with E-state index in [0.29, 0.717) is 12.1 Å². The number of aromatic nitrogens is 1. The number of carbonyl (C=O) groups excluding carboxylic acids is 1. The standard InChI is InChI=1S/C12H14N2O3S/c1-13(11(15)7-18)6-8-3-4-10-9(5-8)14(2)12(16)17-10/h3-5,18H,6-7H2,1-2H3. The van der Waals surface area contributed by atoms with E-state index < -0.39 is 0 Å². The second-order valence-corrected chi connectivity index (χ2v) is 4.45. The third kappa shape index (κ3) is 2.28. The van der Waals surface area contributed by atoms with Crippen molar-refractivity contribution in [3.05, 3.63) is 34.3 Å². The smallest absolute Gasteiger partial charge is 0.408 e. The first-order valence-corrected chi connectivity index (χ1v) is 6.09. The molecule has 0 aliphatic rings. The molecule has 0 saturated heterocycles. The molecule has 0 bridgehead atoms. The van der Waals surface area contributed by atoms with E-state index in [0.717, 1.165) is 11.1 Å². The van der Waals surface area contributed by atoms with Gasteiger partial charge in [-0.25, -0.2) is 4.79 Å². The molecule has 0 spiro atoms. The van der Waals surface area contributed by atoms with Crippen LogP contribution in [0.2, 0.25) is 0 Å². The zero-order valence-corrected chi connectivity index (χ0v) is 11.1. The van der Waals surface area contributed by atoms with E-state index in [1.54, 1.807) is 25.1 Å². The number of nitrogens with zero attached hydrogens (tertiary/aromatic N) is 2. The molecule has 18 heavy (non-hydrogen) atoms. The minimum atomic E-state index is -0.387. The van der Waals surface area contributed by atoms with Crippen molar-refractivity contribution in [1.29, 1.82) is 0 Å². The lowest BCUT2D eigenvalue weighted by Gasteiger charge is -2.15. The molecule has 1 aromatic heterocycles. The Morgan fingerprint density at radius 3 is 2.89 bits per heavy atom. The summed E-state index contributed by atoms with van der Waals surface area (Å²) in [4.78, 5) is 24.4. The third-order valence-electron chi connectivity index (χ3n) is 2.84. The summed E-state index contributed by atoms with van der Waals surface area (Å²) in [6.45, 7) is 0.481. The molecule has 6 heteroatoms. The van der Waals surface area contributed by atoms with Gasteiger partial charge in [0.25, 0.3) is 0 Å². The Balaban J connectivity index is 2.33. The van der Waals surface area contributed by atoms with Gasteiger partial charge in [0.2, 0.25) is 5.91 Å². The van der Waals surface area contributed by atoms with Crippen molar-refractivity contribution in [2.24, 2.45) is 7.05 Å². The monoisotopic (exact) mass is 266 g/mol. The zero-order valence-electron chi connectivity index (χ0n) is 10.2. The summed E-state index contributed by atoms with van der Waals surface area (Å²) in [6.07, 6.45) is 0. The van der Waals surface area contributed by atoms with Crippen molar-refractivity contribution in [2.45, 2.75) is 6.54 Å². The molecule has 0 aliphatic heterocycles. The quantitative estimate of drug-likeness (QED) is 0.844. The van der Waals surface area contributed by atoms with Gasteiger partial charge in [0.1, 0.15) is 0 Å². The normalized spacial score (nSPS) is 10.8. The number of aryl methyl sites for hydroxylation is 1. The molecular formula is C12H14N2O3S. The molecule has 2 aromatic rings. The number of rotatable bonds is 3. The molecule has 0 N–H and O–H groups in total. The summed E-state index contributed by atoms with van der Waals surface area (Å²) < 4.78 is 6.49. The van der Waals surface area contributed by atoms with Crippen LogP contribution < -0.4 is 5.76 Å². The SMILES string of the molecule is CN(Cc1ccc2oc(=O)n(C)c2c1)C(=O)CS. The highest BCUT2D eigenvalue weighted by Crippen LogP contribution is 2.15. The molecule has 2 rings (SSSR count). The van der Waals surface area contributed by atoms with Gasteiger partial charge in [0, 0.05) is 20.6 Å². The van der Waals surface area contributed by atoms with E-state index in [1.807, 2.05) is 12.1 Å². The highest BCUT2D eigenvalue weighted by molar-refractivity contribution is 7.81. The first kappa shape index (κ1) is 12.8. The first-order chi connectivity index (χ1) is 8.52. The van der Waals surface area contributed by atoms with Crippen molar-refractivity contribution in [2.75, 3.05) is 12.8 Å². The predicted molar refractivity (Wildman–Crippen MR) is 71.8 cm³/mol. The van der Waals surface area contributed by atoms with E-state index >= 15 is 0 Å².